The molecule has 2 fully saturated rings. The normalized spacial score (nSPS) is 26.1. The summed E-state index contributed by atoms with van der Waals surface area (Å²) in [6.45, 7) is 6.84. The van der Waals surface area contributed by atoms with Crippen molar-refractivity contribution in [2.75, 3.05) is 39.4 Å². The second-order valence-corrected chi connectivity index (χ2v) is 7.44. The van der Waals surface area contributed by atoms with Crippen molar-refractivity contribution in [3.63, 3.8) is 0 Å². The van der Waals surface area contributed by atoms with E-state index in [-0.39, 0.29) is 0 Å². The Balaban J connectivity index is 1.38. The Hall–Kier alpha value is -1.40. The number of carbonyl (C=O) groups is 1. The highest BCUT2D eigenvalue weighted by Crippen LogP contribution is 2.26. The van der Waals surface area contributed by atoms with E-state index in [9.17, 15) is 4.79 Å². The van der Waals surface area contributed by atoms with Crippen LogP contribution in [-0.4, -0.2) is 64.9 Å². The zero-order valence-corrected chi connectivity index (χ0v) is 14.4. The Labute approximate surface area is 143 Å². The van der Waals surface area contributed by atoms with Crippen molar-refractivity contribution in [3.8, 4) is 0 Å². The van der Waals surface area contributed by atoms with Crippen LogP contribution < -0.4 is 0 Å². The molecule has 3 aliphatic rings. The van der Waals surface area contributed by atoms with Crippen LogP contribution in [0.5, 0.6) is 0 Å². The van der Waals surface area contributed by atoms with Gasteiger partial charge in [0.1, 0.15) is 0 Å². The van der Waals surface area contributed by atoms with Gasteiger partial charge in [0, 0.05) is 58.6 Å². The molecule has 1 atom stereocenters. The number of aromatic nitrogens is 2. The van der Waals surface area contributed by atoms with Gasteiger partial charge in [0.2, 0.25) is 5.91 Å². The molecule has 0 N–H and O–H groups in total. The van der Waals surface area contributed by atoms with Gasteiger partial charge in [-0.1, -0.05) is 0 Å². The van der Waals surface area contributed by atoms with Crippen molar-refractivity contribution in [2.45, 2.75) is 44.7 Å². The van der Waals surface area contributed by atoms with E-state index in [4.69, 9.17) is 4.74 Å². The number of amides is 1. The number of ether oxygens (including phenoxy) is 1. The largest absolute Gasteiger partial charge is 0.381 e. The topological polar surface area (TPSA) is 50.6 Å². The van der Waals surface area contributed by atoms with Crippen molar-refractivity contribution in [2.24, 2.45) is 5.92 Å². The molecule has 0 radical (unpaired) electrons. The maximum absolute atomic E-state index is 11.9. The first kappa shape index (κ1) is 16.1. The molecule has 4 rings (SSSR count). The lowest BCUT2D eigenvalue weighted by atomic mass is 9.98. The minimum absolute atomic E-state index is 0.325. The van der Waals surface area contributed by atoms with Gasteiger partial charge in [-0.05, 0) is 37.7 Å². The minimum Gasteiger partial charge on any atom is -0.381 e. The third-order valence-corrected chi connectivity index (χ3v) is 5.71. The molecule has 6 nitrogen and oxygen atoms in total. The van der Waals surface area contributed by atoms with Gasteiger partial charge in [-0.2, -0.15) is 5.10 Å². The fourth-order valence-electron chi connectivity index (χ4n) is 4.36. The van der Waals surface area contributed by atoms with Gasteiger partial charge < -0.3 is 9.64 Å². The van der Waals surface area contributed by atoms with E-state index < -0.39 is 0 Å². The first-order valence-electron chi connectivity index (χ1n) is 9.40. The Bertz CT molecular complexity index is 567. The van der Waals surface area contributed by atoms with Gasteiger partial charge in [0.15, 0.2) is 0 Å². The molecule has 0 spiro atoms. The van der Waals surface area contributed by atoms with Crippen LogP contribution in [0.15, 0.2) is 12.3 Å². The molecule has 3 aliphatic heterocycles. The molecule has 0 bridgehead atoms. The molecule has 132 valence electrons. The molecule has 1 aromatic rings. The first-order chi connectivity index (χ1) is 11.8. The van der Waals surface area contributed by atoms with E-state index in [1.165, 1.54) is 18.5 Å². The summed E-state index contributed by atoms with van der Waals surface area (Å²) in [6, 6.07) is 2.53. The summed E-state index contributed by atoms with van der Waals surface area (Å²) >= 11 is 0. The highest BCUT2D eigenvalue weighted by Gasteiger charge is 2.29. The molecule has 4 heterocycles. The number of fused-ring (bicyclic) bond motifs is 1. The number of hydrogen-bond donors (Lipinski definition) is 0. The molecular formula is C18H28N4O2. The zero-order chi connectivity index (χ0) is 16.4. The minimum atomic E-state index is 0.325. The number of rotatable bonds is 5. The number of hydrogen-bond acceptors (Lipinski definition) is 4. The second kappa shape index (κ2) is 7.23. The fourth-order valence-corrected chi connectivity index (χ4v) is 4.36. The predicted molar refractivity (Wildman–Crippen MR) is 90.5 cm³/mol. The van der Waals surface area contributed by atoms with Gasteiger partial charge in [-0.25, -0.2) is 0 Å². The highest BCUT2D eigenvalue weighted by molar-refractivity contribution is 5.77. The lowest BCUT2D eigenvalue weighted by Gasteiger charge is -2.37. The summed E-state index contributed by atoms with van der Waals surface area (Å²) in [6.07, 6.45) is 7.04. The van der Waals surface area contributed by atoms with Gasteiger partial charge in [0.05, 0.1) is 11.7 Å². The average Bonchev–Trinajstić information content (AvgIpc) is 3.22. The van der Waals surface area contributed by atoms with Crippen LogP contribution in [0.25, 0.3) is 0 Å². The summed E-state index contributed by atoms with van der Waals surface area (Å²) in [5.74, 6) is 1.08. The smallest absolute Gasteiger partial charge is 0.222 e. The molecule has 0 unspecified atom stereocenters. The zero-order valence-electron chi connectivity index (χ0n) is 14.4. The van der Waals surface area contributed by atoms with Crippen LogP contribution >= 0.6 is 0 Å². The van der Waals surface area contributed by atoms with Gasteiger partial charge in [-0.3, -0.25) is 14.4 Å². The fraction of sp³-hybridized carbons (Fsp3) is 0.778. The molecule has 24 heavy (non-hydrogen) atoms. The summed E-state index contributed by atoms with van der Waals surface area (Å²) in [5, 5.41) is 4.55. The molecule has 6 heteroatoms. The van der Waals surface area contributed by atoms with Gasteiger partial charge in [0.25, 0.3) is 0 Å². The Morgan fingerprint density at radius 3 is 2.96 bits per heavy atom. The lowest BCUT2D eigenvalue weighted by molar-refractivity contribution is -0.127. The molecule has 0 saturated carbocycles. The maximum Gasteiger partial charge on any atom is 0.222 e. The standard InChI is InChI=1S/C18H28N4O2/c23-18-2-1-8-21(18)9-4-17-14-20(12-15-5-10-24-11-6-15)13-16-3-7-19-22(16)17/h3,7,15,17H,1-2,4-6,8-14H2/t17-/m1/s1. The molecule has 1 aromatic heterocycles. The highest BCUT2D eigenvalue weighted by atomic mass is 16.5. The molecular weight excluding hydrogens is 304 g/mol. The third kappa shape index (κ3) is 3.49. The van der Waals surface area contributed by atoms with Crippen molar-refractivity contribution in [3.05, 3.63) is 18.0 Å². The summed E-state index contributed by atoms with van der Waals surface area (Å²) in [7, 11) is 0. The van der Waals surface area contributed by atoms with Gasteiger partial charge >= 0.3 is 0 Å². The van der Waals surface area contributed by atoms with E-state index in [0.717, 1.165) is 71.1 Å². The first-order valence-corrected chi connectivity index (χ1v) is 9.40. The van der Waals surface area contributed by atoms with E-state index >= 15 is 0 Å². The molecule has 0 aromatic carbocycles. The van der Waals surface area contributed by atoms with E-state index in [2.05, 4.69) is 20.7 Å². The average molecular weight is 332 g/mol. The Kier molecular flexibility index (Phi) is 4.85. The number of carbonyl (C=O) groups excluding carboxylic acids is 1. The predicted octanol–water partition coefficient (Wildman–Crippen LogP) is 1.68. The third-order valence-electron chi connectivity index (χ3n) is 5.71. The summed E-state index contributed by atoms with van der Waals surface area (Å²) in [5.41, 5.74) is 1.31. The van der Waals surface area contributed by atoms with E-state index in [1.807, 2.05) is 11.1 Å². The van der Waals surface area contributed by atoms with Crippen LogP contribution in [0.4, 0.5) is 0 Å². The molecule has 2 saturated heterocycles. The van der Waals surface area contributed by atoms with Crippen LogP contribution in [-0.2, 0) is 16.1 Å². The van der Waals surface area contributed by atoms with Gasteiger partial charge in [-0.15, -0.1) is 0 Å². The molecule has 0 aliphatic carbocycles. The second-order valence-electron chi connectivity index (χ2n) is 7.44. The quantitative estimate of drug-likeness (QED) is 0.823. The summed E-state index contributed by atoms with van der Waals surface area (Å²) in [4.78, 5) is 16.5. The van der Waals surface area contributed by atoms with Crippen LogP contribution in [0.2, 0.25) is 0 Å². The SMILES string of the molecule is O=C1CCCN1CC[C@@H]1CN(CC2CCOCC2)Cc2ccnn21. The van der Waals surface area contributed by atoms with Crippen LogP contribution in [0.3, 0.4) is 0 Å². The van der Waals surface area contributed by atoms with Crippen molar-refractivity contribution >= 4 is 5.91 Å². The lowest BCUT2D eigenvalue weighted by Crippen LogP contribution is -2.42. The summed E-state index contributed by atoms with van der Waals surface area (Å²) < 4.78 is 7.68. The number of likely N-dealkylation sites (tertiary alicyclic amines) is 1. The molecule has 1 amide bonds. The maximum atomic E-state index is 11.9. The van der Waals surface area contributed by atoms with Crippen LogP contribution in [0.1, 0.15) is 43.8 Å². The van der Waals surface area contributed by atoms with E-state index in [0.29, 0.717) is 11.9 Å². The van der Waals surface area contributed by atoms with Crippen molar-refractivity contribution < 1.29 is 9.53 Å². The van der Waals surface area contributed by atoms with Crippen molar-refractivity contribution in [1.29, 1.82) is 0 Å². The monoisotopic (exact) mass is 332 g/mol. The van der Waals surface area contributed by atoms with Crippen LogP contribution in [0, 0.1) is 5.92 Å². The Morgan fingerprint density at radius 1 is 1.29 bits per heavy atom. The Morgan fingerprint density at radius 2 is 2.17 bits per heavy atom. The van der Waals surface area contributed by atoms with Crippen molar-refractivity contribution in [1.82, 2.24) is 19.6 Å². The number of nitrogens with zero attached hydrogens (tertiary/aromatic N) is 4. The van der Waals surface area contributed by atoms with E-state index in [1.54, 1.807) is 0 Å².